The molecule has 0 bridgehead atoms. The Hall–Kier alpha value is -3.25. The summed E-state index contributed by atoms with van der Waals surface area (Å²) in [6.07, 6.45) is 0. The van der Waals surface area contributed by atoms with Crippen LogP contribution in [0.4, 0.5) is 14.5 Å². The number of methoxy groups -OCH3 is 1. The summed E-state index contributed by atoms with van der Waals surface area (Å²) >= 11 is 0. The van der Waals surface area contributed by atoms with Crippen molar-refractivity contribution in [3.05, 3.63) is 83.9 Å². The molecule has 6 heteroatoms. The van der Waals surface area contributed by atoms with Crippen LogP contribution < -0.4 is 10.1 Å². The van der Waals surface area contributed by atoms with Gasteiger partial charge in [-0.2, -0.15) is 0 Å². The number of hydrogen-bond donors (Lipinski definition) is 1. The summed E-state index contributed by atoms with van der Waals surface area (Å²) < 4.78 is 38.1. The van der Waals surface area contributed by atoms with Crippen molar-refractivity contribution in [1.29, 1.82) is 0 Å². The summed E-state index contributed by atoms with van der Waals surface area (Å²) in [7, 11) is 1.56. The molecular formula is C24H23F2NO3. The molecule has 0 atom stereocenters. The average Bonchev–Trinajstić information content (AvgIpc) is 2.71. The molecule has 0 saturated heterocycles. The van der Waals surface area contributed by atoms with E-state index >= 15 is 0 Å². The van der Waals surface area contributed by atoms with Crippen LogP contribution in [0.5, 0.6) is 5.75 Å². The van der Waals surface area contributed by atoms with Crippen LogP contribution in [0.15, 0.2) is 66.7 Å². The number of hydrogen-bond acceptors (Lipinski definition) is 3. The molecule has 0 fully saturated rings. The molecule has 1 amide bonds. The monoisotopic (exact) mass is 411 g/mol. The predicted octanol–water partition coefficient (Wildman–Crippen LogP) is 5.57. The first-order valence-corrected chi connectivity index (χ1v) is 9.42. The Bertz CT molecular complexity index is 1020. The molecule has 0 saturated carbocycles. The zero-order valence-corrected chi connectivity index (χ0v) is 17.0. The summed E-state index contributed by atoms with van der Waals surface area (Å²) in [6.45, 7) is 3.59. The third-order valence-corrected chi connectivity index (χ3v) is 4.53. The van der Waals surface area contributed by atoms with Crippen molar-refractivity contribution in [2.75, 3.05) is 12.4 Å². The molecule has 3 aromatic rings. The van der Waals surface area contributed by atoms with Crippen molar-refractivity contribution in [2.24, 2.45) is 0 Å². The SMILES string of the molecule is COCc1ccc(-c2ccc(NC(=O)C(C)(C)Oc3ccc(F)cc3)cc2)c(F)c1. The van der Waals surface area contributed by atoms with Crippen LogP contribution in [0.25, 0.3) is 11.1 Å². The molecule has 0 aromatic heterocycles. The van der Waals surface area contributed by atoms with Gasteiger partial charge in [0, 0.05) is 18.4 Å². The van der Waals surface area contributed by atoms with E-state index in [-0.39, 0.29) is 17.5 Å². The van der Waals surface area contributed by atoms with Gasteiger partial charge in [0.25, 0.3) is 5.91 Å². The van der Waals surface area contributed by atoms with E-state index in [0.717, 1.165) is 5.56 Å². The highest BCUT2D eigenvalue weighted by Gasteiger charge is 2.30. The maximum absolute atomic E-state index is 14.4. The van der Waals surface area contributed by atoms with Gasteiger partial charge < -0.3 is 14.8 Å². The lowest BCUT2D eigenvalue weighted by Crippen LogP contribution is -2.42. The first-order chi connectivity index (χ1) is 14.3. The minimum absolute atomic E-state index is 0.338. The number of halogens is 2. The molecule has 3 aromatic carbocycles. The standard InChI is InChI=1S/C24H23F2NO3/c1-24(2,30-20-11-7-18(25)8-12-20)23(28)27-19-9-5-17(6-10-19)21-13-4-16(15-29-3)14-22(21)26/h4-14H,15H2,1-3H3,(H,27,28). The van der Waals surface area contributed by atoms with Crippen molar-refractivity contribution in [2.45, 2.75) is 26.1 Å². The van der Waals surface area contributed by atoms with Gasteiger partial charge in [0.2, 0.25) is 0 Å². The van der Waals surface area contributed by atoms with E-state index in [4.69, 9.17) is 9.47 Å². The highest BCUT2D eigenvalue weighted by atomic mass is 19.1. The summed E-state index contributed by atoms with van der Waals surface area (Å²) in [4.78, 5) is 12.6. The second-order valence-corrected chi connectivity index (χ2v) is 7.34. The van der Waals surface area contributed by atoms with Gasteiger partial charge in [-0.1, -0.05) is 24.3 Å². The average molecular weight is 411 g/mol. The first kappa shape index (κ1) is 21.5. The van der Waals surface area contributed by atoms with Crippen LogP contribution in [0.1, 0.15) is 19.4 Å². The van der Waals surface area contributed by atoms with Crippen LogP contribution in [0.2, 0.25) is 0 Å². The number of amides is 1. The second-order valence-electron chi connectivity index (χ2n) is 7.34. The number of carbonyl (C=O) groups excluding carboxylic acids is 1. The van der Waals surface area contributed by atoms with Crippen LogP contribution in [0, 0.1) is 11.6 Å². The molecule has 0 radical (unpaired) electrons. The first-order valence-electron chi connectivity index (χ1n) is 9.42. The zero-order chi connectivity index (χ0) is 21.7. The largest absolute Gasteiger partial charge is 0.478 e. The fraction of sp³-hybridized carbons (Fsp3) is 0.208. The Morgan fingerprint density at radius 2 is 1.63 bits per heavy atom. The van der Waals surface area contributed by atoms with Gasteiger partial charge in [0.05, 0.1) is 6.61 Å². The van der Waals surface area contributed by atoms with Gasteiger partial charge in [-0.15, -0.1) is 0 Å². The predicted molar refractivity (Wildman–Crippen MR) is 112 cm³/mol. The Morgan fingerprint density at radius 1 is 0.967 bits per heavy atom. The van der Waals surface area contributed by atoms with Gasteiger partial charge >= 0.3 is 0 Å². The van der Waals surface area contributed by atoms with E-state index in [1.54, 1.807) is 51.3 Å². The number of benzene rings is 3. The maximum atomic E-state index is 14.4. The topological polar surface area (TPSA) is 47.6 Å². The van der Waals surface area contributed by atoms with Crippen LogP contribution in [-0.2, 0) is 16.1 Å². The van der Waals surface area contributed by atoms with Crippen LogP contribution in [0.3, 0.4) is 0 Å². The van der Waals surface area contributed by atoms with Crippen molar-refractivity contribution in [3.63, 3.8) is 0 Å². The normalized spacial score (nSPS) is 11.2. The molecule has 0 aliphatic rings. The summed E-state index contributed by atoms with van der Waals surface area (Å²) in [5.74, 6) is -0.696. The fourth-order valence-electron chi connectivity index (χ4n) is 2.91. The second kappa shape index (κ2) is 9.05. The zero-order valence-electron chi connectivity index (χ0n) is 17.0. The van der Waals surface area contributed by atoms with Gasteiger partial charge in [0.1, 0.15) is 17.4 Å². The molecule has 156 valence electrons. The molecule has 0 spiro atoms. The van der Waals surface area contributed by atoms with Crippen molar-refractivity contribution < 1.29 is 23.0 Å². The molecular weight excluding hydrogens is 388 g/mol. The number of ether oxygens (including phenoxy) is 2. The molecule has 0 unspecified atom stereocenters. The van der Waals surface area contributed by atoms with Crippen LogP contribution in [-0.4, -0.2) is 18.6 Å². The lowest BCUT2D eigenvalue weighted by Gasteiger charge is -2.25. The summed E-state index contributed by atoms with van der Waals surface area (Å²) in [6, 6.07) is 17.3. The van der Waals surface area contributed by atoms with Crippen molar-refractivity contribution in [1.82, 2.24) is 0 Å². The van der Waals surface area contributed by atoms with E-state index in [2.05, 4.69) is 5.32 Å². The van der Waals surface area contributed by atoms with E-state index in [9.17, 15) is 13.6 Å². The smallest absolute Gasteiger partial charge is 0.267 e. The highest BCUT2D eigenvalue weighted by Crippen LogP contribution is 2.26. The van der Waals surface area contributed by atoms with Gasteiger partial charge in [-0.05, 0) is 67.4 Å². The van der Waals surface area contributed by atoms with Crippen molar-refractivity contribution >= 4 is 11.6 Å². The molecule has 30 heavy (non-hydrogen) atoms. The molecule has 3 rings (SSSR count). The van der Waals surface area contributed by atoms with Crippen molar-refractivity contribution in [3.8, 4) is 16.9 Å². The number of rotatable bonds is 7. The van der Waals surface area contributed by atoms with Crippen LogP contribution >= 0.6 is 0 Å². The third-order valence-electron chi connectivity index (χ3n) is 4.53. The molecule has 0 heterocycles. The minimum atomic E-state index is -1.18. The van der Waals surface area contributed by atoms with Gasteiger partial charge in [-0.25, -0.2) is 8.78 Å². The Balaban J connectivity index is 1.69. The lowest BCUT2D eigenvalue weighted by molar-refractivity contribution is -0.128. The fourth-order valence-corrected chi connectivity index (χ4v) is 2.91. The van der Waals surface area contributed by atoms with E-state index < -0.39 is 5.60 Å². The Labute approximate surface area is 174 Å². The molecule has 4 nitrogen and oxygen atoms in total. The maximum Gasteiger partial charge on any atom is 0.267 e. The quantitative estimate of drug-likeness (QED) is 0.553. The Kier molecular flexibility index (Phi) is 6.47. The minimum Gasteiger partial charge on any atom is -0.478 e. The van der Waals surface area contributed by atoms with E-state index in [1.165, 1.54) is 30.3 Å². The molecule has 1 N–H and O–H groups in total. The summed E-state index contributed by atoms with van der Waals surface area (Å²) in [5, 5.41) is 2.78. The molecule has 0 aliphatic heterocycles. The number of carbonyl (C=O) groups is 1. The lowest BCUT2D eigenvalue weighted by atomic mass is 10.0. The highest BCUT2D eigenvalue weighted by molar-refractivity contribution is 5.97. The number of nitrogens with one attached hydrogen (secondary N) is 1. The summed E-state index contributed by atoms with van der Waals surface area (Å²) in [5.41, 5.74) is 1.28. The van der Waals surface area contributed by atoms with E-state index in [0.29, 0.717) is 29.2 Å². The van der Waals surface area contributed by atoms with Gasteiger partial charge in [0.15, 0.2) is 5.60 Å². The Morgan fingerprint density at radius 3 is 2.23 bits per heavy atom. The number of anilines is 1. The van der Waals surface area contributed by atoms with E-state index in [1.807, 2.05) is 6.07 Å². The molecule has 0 aliphatic carbocycles. The third kappa shape index (κ3) is 5.21. The van der Waals surface area contributed by atoms with Gasteiger partial charge in [-0.3, -0.25) is 4.79 Å².